The van der Waals surface area contributed by atoms with E-state index in [2.05, 4.69) is 19.9 Å². The summed E-state index contributed by atoms with van der Waals surface area (Å²) < 4.78 is 1.87. The summed E-state index contributed by atoms with van der Waals surface area (Å²) in [6, 6.07) is 2.01. The highest BCUT2D eigenvalue weighted by Gasteiger charge is 2.19. The van der Waals surface area contributed by atoms with Gasteiger partial charge in [0.05, 0.1) is 6.20 Å². The van der Waals surface area contributed by atoms with Gasteiger partial charge in [-0.25, -0.2) is 9.50 Å². The van der Waals surface area contributed by atoms with E-state index in [0.717, 1.165) is 44.1 Å². The fourth-order valence-electron chi connectivity index (χ4n) is 2.39. The van der Waals surface area contributed by atoms with Crippen LogP contribution in [0.1, 0.15) is 0 Å². The fraction of sp³-hybridized carbons (Fsp3) is 0.500. The molecule has 96 valence electrons. The molecular weight excluding hydrogens is 250 g/mol. The minimum absolute atomic E-state index is 0.705. The molecule has 0 unspecified atom stereocenters. The van der Waals surface area contributed by atoms with Gasteiger partial charge in [0.15, 0.2) is 5.82 Å². The van der Waals surface area contributed by atoms with Crippen molar-refractivity contribution >= 4 is 22.9 Å². The van der Waals surface area contributed by atoms with Crippen molar-refractivity contribution in [2.45, 2.75) is 0 Å². The third-order valence-corrected chi connectivity index (χ3v) is 3.55. The zero-order chi connectivity index (χ0) is 12.4. The number of fused-ring (bicyclic) bond motifs is 1. The summed E-state index contributed by atoms with van der Waals surface area (Å²) in [5, 5.41) is 4.24. The number of alkyl halides is 1. The second kappa shape index (κ2) is 5.12. The van der Waals surface area contributed by atoms with Crippen LogP contribution >= 0.6 is 11.6 Å². The maximum atomic E-state index is 5.77. The summed E-state index contributed by atoms with van der Waals surface area (Å²) in [5.41, 5.74) is 1.07. The van der Waals surface area contributed by atoms with Crippen LogP contribution in [0.3, 0.4) is 0 Å². The first-order valence-corrected chi connectivity index (χ1v) is 6.73. The number of nitrogens with zero attached hydrogens (tertiary/aromatic N) is 5. The molecule has 0 spiro atoms. The molecule has 3 rings (SSSR count). The van der Waals surface area contributed by atoms with Gasteiger partial charge in [0, 0.05) is 51.0 Å². The number of aromatic nitrogens is 3. The predicted octanol–water partition coefficient (Wildman–Crippen LogP) is 1.09. The molecule has 0 bridgehead atoms. The average molecular weight is 266 g/mol. The van der Waals surface area contributed by atoms with E-state index in [1.165, 1.54) is 0 Å². The Kier molecular flexibility index (Phi) is 3.34. The highest BCUT2D eigenvalue weighted by Crippen LogP contribution is 2.19. The molecule has 0 aromatic carbocycles. The summed E-state index contributed by atoms with van der Waals surface area (Å²) in [6.45, 7) is 5.05. The van der Waals surface area contributed by atoms with Crippen molar-refractivity contribution in [3.63, 3.8) is 0 Å². The van der Waals surface area contributed by atoms with E-state index in [4.69, 9.17) is 11.6 Å². The lowest BCUT2D eigenvalue weighted by atomic mass is 10.3. The van der Waals surface area contributed by atoms with E-state index in [1.54, 1.807) is 6.20 Å². The number of hydrogen-bond donors (Lipinski definition) is 0. The summed E-state index contributed by atoms with van der Waals surface area (Å²) in [7, 11) is 0. The van der Waals surface area contributed by atoms with Crippen LogP contribution in [0.5, 0.6) is 0 Å². The molecule has 0 saturated carbocycles. The summed E-state index contributed by atoms with van der Waals surface area (Å²) in [6.07, 6.45) is 5.49. The Morgan fingerprint density at radius 3 is 2.78 bits per heavy atom. The monoisotopic (exact) mass is 265 g/mol. The van der Waals surface area contributed by atoms with Gasteiger partial charge in [-0.05, 0) is 6.07 Å². The smallest absolute Gasteiger partial charge is 0.154 e. The van der Waals surface area contributed by atoms with E-state index in [1.807, 2.05) is 23.0 Å². The first-order chi connectivity index (χ1) is 8.88. The number of hydrogen-bond acceptors (Lipinski definition) is 4. The second-order valence-electron chi connectivity index (χ2n) is 4.43. The molecule has 1 aliphatic rings. The van der Waals surface area contributed by atoms with Gasteiger partial charge >= 0.3 is 0 Å². The van der Waals surface area contributed by atoms with E-state index < -0.39 is 0 Å². The first kappa shape index (κ1) is 11.7. The standard InChI is InChI=1S/C12H16ClN5/c13-2-5-16-7-9-17(10-8-16)12-11-1-3-15-18(11)6-4-14-12/h1,3-4,6H,2,5,7-10H2. The number of rotatable bonds is 3. The van der Waals surface area contributed by atoms with E-state index >= 15 is 0 Å². The van der Waals surface area contributed by atoms with Crippen LogP contribution in [0.15, 0.2) is 24.7 Å². The van der Waals surface area contributed by atoms with Crippen LogP contribution in [-0.2, 0) is 0 Å². The lowest BCUT2D eigenvalue weighted by Crippen LogP contribution is -2.47. The van der Waals surface area contributed by atoms with Gasteiger partial charge in [-0.3, -0.25) is 4.90 Å². The Balaban J connectivity index is 1.78. The Bertz CT molecular complexity index is 518. The SMILES string of the molecule is ClCCN1CCN(c2nccn3nccc23)CC1. The van der Waals surface area contributed by atoms with Gasteiger partial charge in [-0.2, -0.15) is 5.10 Å². The van der Waals surface area contributed by atoms with E-state index in [0.29, 0.717) is 5.88 Å². The van der Waals surface area contributed by atoms with Crippen molar-refractivity contribution in [2.24, 2.45) is 0 Å². The highest BCUT2D eigenvalue weighted by atomic mass is 35.5. The molecule has 0 aliphatic carbocycles. The largest absolute Gasteiger partial charge is 0.352 e. The van der Waals surface area contributed by atoms with Crippen LogP contribution in [-0.4, -0.2) is 58.1 Å². The van der Waals surface area contributed by atoms with Gasteiger partial charge < -0.3 is 4.90 Å². The van der Waals surface area contributed by atoms with Crippen LogP contribution in [0.4, 0.5) is 5.82 Å². The maximum absolute atomic E-state index is 5.77. The van der Waals surface area contributed by atoms with E-state index in [9.17, 15) is 0 Å². The molecule has 3 heterocycles. The second-order valence-corrected chi connectivity index (χ2v) is 4.81. The maximum Gasteiger partial charge on any atom is 0.154 e. The third kappa shape index (κ3) is 2.15. The number of piperazine rings is 1. The van der Waals surface area contributed by atoms with Gasteiger partial charge in [0.1, 0.15) is 5.52 Å². The minimum Gasteiger partial charge on any atom is -0.352 e. The van der Waals surface area contributed by atoms with E-state index in [-0.39, 0.29) is 0 Å². The van der Waals surface area contributed by atoms with Crippen molar-refractivity contribution in [2.75, 3.05) is 43.5 Å². The molecule has 0 radical (unpaired) electrons. The third-order valence-electron chi connectivity index (χ3n) is 3.38. The predicted molar refractivity (Wildman–Crippen MR) is 72.4 cm³/mol. The Labute approximate surface area is 111 Å². The molecule has 0 amide bonds. The Morgan fingerprint density at radius 2 is 2.00 bits per heavy atom. The molecule has 2 aromatic heterocycles. The first-order valence-electron chi connectivity index (χ1n) is 6.20. The molecule has 1 aliphatic heterocycles. The minimum atomic E-state index is 0.705. The van der Waals surface area contributed by atoms with Crippen molar-refractivity contribution in [1.29, 1.82) is 0 Å². The lowest BCUT2D eigenvalue weighted by molar-refractivity contribution is 0.272. The molecule has 1 saturated heterocycles. The van der Waals surface area contributed by atoms with Gasteiger partial charge in [-0.15, -0.1) is 11.6 Å². The highest BCUT2D eigenvalue weighted by molar-refractivity contribution is 6.18. The number of anilines is 1. The topological polar surface area (TPSA) is 36.7 Å². The van der Waals surface area contributed by atoms with Crippen LogP contribution < -0.4 is 4.90 Å². The molecule has 1 fully saturated rings. The number of halogens is 1. The summed E-state index contributed by atoms with van der Waals surface area (Å²) in [5.74, 6) is 1.73. The van der Waals surface area contributed by atoms with Crippen molar-refractivity contribution in [3.8, 4) is 0 Å². The van der Waals surface area contributed by atoms with Crippen molar-refractivity contribution < 1.29 is 0 Å². The van der Waals surface area contributed by atoms with Crippen molar-refractivity contribution in [3.05, 3.63) is 24.7 Å². The normalized spacial score (nSPS) is 17.5. The fourth-order valence-corrected chi connectivity index (χ4v) is 2.63. The molecule has 0 N–H and O–H groups in total. The van der Waals surface area contributed by atoms with Gasteiger partial charge in [-0.1, -0.05) is 0 Å². The van der Waals surface area contributed by atoms with Crippen LogP contribution in [0.25, 0.3) is 5.52 Å². The van der Waals surface area contributed by atoms with Crippen molar-refractivity contribution in [1.82, 2.24) is 19.5 Å². The Morgan fingerprint density at radius 1 is 1.17 bits per heavy atom. The molecule has 6 heteroatoms. The molecule has 18 heavy (non-hydrogen) atoms. The Hall–Kier alpha value is -1.33. The zero-order valence-electron chi connectivity index (χ0n) is 10.2. The van der Waals surface area contributed by atoms with Gasteiger partial charge in [0.2, 0.25) is 0 Å². The zero-order valence-corrected chi connectivity index (χ0v) is 10.9. The lowest BCUT2D eigenvalue weighted by Gasteiger charge is -2.35. The summed E-state index contributed by atoms with van der Waals surface area (Å²) >= 11 is 5.77. The summed E-state index contributed by atoms with van der Waals surface area (Å²) in [4.78, 5) is 9.20. The van der Waals surface area contributed by atoms with Gasteiger partial charge in [0.25, 0.3) is 0 Å². The average Bonchev–Trinajstić information content (AvgIpc) is 2.88. The molecule has 0 atom stereocenters. The quantitative estimate of drug-likeness (QED) is 0.779. The van der Waals surface area contributed by atoms with Crippen LogP contribution in [0, 0.1) is 0 Å². The molecule has 5 nitrogen and oxygen atoms in total. The molecular formula is C12H16ClN5. The van der Waals surface area contributed by atoms with Crippen LogP contribution in [0.2, 0.25) is 0 Å². The molecule has 2 aromatic rings.